The molecule has 5 nitrogen and oxygen atoms in total. The molecule has 0 spiro atoms. The van der Waals surface area contributed by atoms with Gasteiger partial charge in [0.15, 0.2) is 0 Å². The van der Waals surface area contributed by atoms with Crippen LogP contribution in [-0.4, -0.2) is 16.7 Å². The SMILES string of the molecule is CCN1C(=O)c2cccc3c(NOS(=O)c4cccc5ccccc45)ccc1c23. The van der Waals surface area contributed by atoms with Crippen molar-refractivity contribution in [3.8, 4) is 0 Å². The zero-order valence-corrected chi connectivity index (χ0v) is 16.5. The molecule has 1 amide bonds. The highest BCUT2D eigenvalue weighted by Crippen LogP contribution is 2.40. The van der Waals surface area contributed by atoms with E-state index in [9.17, 15) is 9.00 Å². The van der Waals surface area contributed by atoms with E-state index in [2.05, 4.69) is 5.48 Å². The molecule has 1 N–H and O–H groups in total. The minimum Gasteiger partial charge on any atom is -0.308 e. The first kappa shape index (κ1) is 17.8. The number of carbonyl (C=O) groups is 1. The van der Waals surface area contributed by atoms with Gasteiger partial charge in [-0.25, -0.2) is 4.21 Å². The first-order valence-corrected chi connectivity index (χ1v) is 10.5. The topological polar surface area (TPSA) is 58.6 Å². The van der Waals surface area contributed by atoms with Gasteiger partial charge in [-0.15, -0.1) is 0 Å². The van der Waals surface area contributed by atoms with E-state index in [1.165, 1.54) is 0 Å². The summed E-state index contributed by atoms with van der Waals surface area (Å²) in [5.74, 6) is 0.00509. The quantitative estimate of drug-likeness (QED) is 0.475. The molecule has 1 unspecified atom stereocenters. The molecule has 6 heteroatoms. The fourth-order valence-electron chi connectivity index (χ4n) is 3.92. The molecule has 0 bridgehead atoms. The largest absolute Gasteiger partial charge is 0.308 e. The zero-order chi connectivity index (χ0) is 20.0. The average molecular weight is 402 g/mol. The van der Waals surface area contributed by atoms with Crippen LogP contribution in [0.1, 0.15) is 17.3 Å². The molecule has 0 fully saturated rings. The Balaban J connectivity index is 1.49. The second-order valence-corrected chi connectivity index (χ2v) is 7.88. The number of carbonyl (C=O) groups excluding carboxylic acids is 1. The third-order valence-corrected chi connectivity index (χ3v) is 6.21. The summed E-state index contributed by atoms with van der Waals surface area (Å²) < 4.78 is 18.4. The highest BCUT2D eigenvalue weighted by atomic mass is 32.2. The first-order chi connectivity index (χ1) is 14.2. The lowest BCUT2D eigenvalue weighted by atomic mass is 10.0. The maximum absolute atomic E-state index is 12.8. The molecule has 1 heterocycles. The maximum Gasteiger partial charge on any atom is 0.258 e. The fourth-order valence-corrected chi connectivity index (χ4v) is 4.73. The Morgan fingerprint density at radius 1 is 0.931 bits per heavy atom. The van der Waals surface area contributed by atoms with E-state index < -0.39 is 11.1 Å². The third-order valence-electron chi connectivity index (χ3n) is 5.26. The van der Waals surface area contributed by atoms with E-state index in [0.717, 1.165) is 27.2 Å². The summed E-state index contributed by atoms with van der Waals surface area (Å²) in [6.07, 6.45) is 0. The van der Waals surface area contributed by atoms with Crippen molar-refractivity contribution in [2.75, 3.05) is 16.9 Å². The number of benzene rings is 4. The minimum absolute atomic E-state index is 0.00509. The summed E-state index contributed by atoms with van der Waals surface area (Å²) >= 11 is -1.70. The highest BCUT2D eigenvalue weighted by Gasteiger charge is 2.29. The number of amides is 1. The summed E-state index contributed by atoms with van der Waals surface area (Å²) in [5, 5.41) is 3.65. The van der Waals surface area contributed by atoms with Gasteiger partial charge in [0.2, 0.25) is 11.1 Å². The smallest absolute Gasteiger partial charge is 0.258 e. The second kappa shape index (κ2) is 6.99. The van der Waals surface area contributed by atoms with Gasteiger partial charge >= 0.3 is 0 Å². The van der Waals surface area contributed by atoms with Crippen molar-refractivity contribution < 1.29 is 13.3 Å². The Bertz CT molecular complexity index is 1300. The van der Waals surface area contributed by atoms with Crippen LogP contribution >= 0.6 is 0 Å². The molecular weight excluding hydrogens is 384 g/mol. The van der Waals surface area contributed by atoms with Crippen LogP contribution in [0.2, 0.25) is 0 Å². The van der Waals surface area contributed by atoms with Crippen molar-refractivity contribution in [3.63, 3.8) is 0 Å². The number of nitrogens with one attached hydrogen (secondary N) is 1. The van der Waals surface area contributed by atoms with Gasteiger partial charge < -0.3 is 4.90 Å². The van der Waals surface area contributed by atoms with Crippen molar-refractivity contribution in [2.24, 2.45) is 0 Å². The average Bonchev–Trinajstić information content (AvgIpc) is 3.05. The normalized spacial score (nSPS) is 14.0. The number of nitrogens with zero attached hydrogens (tertiary/aromatic N) is 1. The zero-order valence-electron chi connectivity index (χ0n) is 15.7. The van der Waals surface area contributed by atoms with Crippen molar-refractivity contribution >= 4 is 49.9 Å². The molecule has 0 aliphatic carbocycles. The molecule has 29 heavy (non-hydrogen) atoms. The van der Waals surface area contributed by atoms with Crippen LogP contribution in [-0.2, 0) is 15.4 Å². The monoisotopic (exact) mass is 402 g/mol. The van der Waals surface area contributed by atoms with Crippen LogP contribution in [0.4, 0.5) is 11.4 Å². The summed E-state index contributed by atoms with van der Waals surface area (Å²) in [4.78, 5) is 15.0. The summed E-state index contributed by atoms with van der Waals surface area (Å²) in [6.45, 7) is 2.56. The lowest BCUT2D eigenvalue weighted by Crippen LogP contribution is -2.25. The number of hydrogen-bond acceptors (Lipinski definition) is 4. The molecule has 0 saturated carbocycles. The van der Waals surface area contributed by atoms with E-state index in [1.54, 1.807) is 11.0 Å². The molecule has 0 aromatic heterocycles. The van der Waals surface area contributed by atoms with Gasteiger partial charge in [-0.3, -0.25) is 10.3 Å². The van der Waals surface area contributed by atoms with Crippen LogP contribution < -0.4 is 10.4 Å². The second-order valence-electron chi connectivity index (χ2n) is 6.81. The Morgan fingerprint density at radius 2 is 1.69 bits per heavy atom. The Kier molecular flexibility index (Phi) is 4.30. The van der Waals surface area contributed by atoms with Gasteiger partial charge in [-0.2, -0.15) is 4.28 Å². The van der Waals surface area contributed by atoms with Gasteiger partial charge in [0.25, 0.3) is 5.91 Å². The van der Waals surface area contributed by atoms with E-state index in [-0.39, 0.29) is 5.91 Å². The van der Waals surface area contributed by atoms with E-state index in [4.69, 9.17) is 4.28 Å². The third kappa shape index (κ3) is 2.80. The highest BCUT2D eigenvalue weighted by molar-refractivity contribution is 7.80. The van der Waals surface area contributed by atoms with E-state index >= 15 is 0 Å². The Morgan fingerprint density at radius 3 is 2.55 bits per heavy atom. The van der Waals surface area contributed by atoms with Crippen molar-refractivity contribution in [1.29, 1.82) is 0 Å². The van der Waals surface area contributed by atoms with Crippen LogP contribution in [0.25, 0.3) is 21.5 Å². The molecule has 1 atom stereocenters. The minimum atomic E-state index is -1.70. The van der Waals surface area contributed by atoms with Crippen molar-refractivity contribution in [2.45, 2.75) is 11.8 Å². The maximum atomic E-state index is 12.8. The van der Waals surface area contributed by atoms with Gasteiger partial charge in [0, 0.05) is 28.3 Å². The fraction of sp³-hybridized carbons (Fsp3) is 0.0870. The molecule has 4 aromatic carbocycles. The molecule has 1 aliphatic heterocycles. The van der Waals surface area contributed by atoms with Gasteiger partial charge in [-0.05, 0) is 36.6 Å². The Labute approximate surface area is 170 Å². The lowest BCUT2D eigenvalue weighted by Gasteiger charge is -2.15. The van der Waals surface area contributed by atoms with Gasteiger partial charge in [0.05, 0.1) is 16.3 Å². The van der Waals surface area contributed by atoms with Crippen LogP contribution in [0, 0.1) is 0 Å². The number of fused-ring (bicyclic) bond motifs is 1. The molecule has 5 rings (SSSR count). The van der Waals surface area contributed by atoms with Crippen LogP contribution in [0.5, 0.6) is 0 Å². The van der Waals surface area contributed by atoms with Crippen LogP contribution in [0.15, 0.2) is 77.7 Å². The molecule has 0 radical (unpaired) electrons. The van der Waals surface area contributed by atoms with Crippen molar-refractivity contribution in [1.82, 2.24) is 0 Å². The molecule has 0 saturated heterocycles. The van der Waals surface area contributed by atoms with Crippen molar-refractivity contribution in [3.05, 3.63) is 78.4 Å². The lowest BCUT2D eigenvalue weighted by molar-refractivity contribution is 0.0994. The predicted molar refractivity (Wildman–Crippen MR) is 116 cm³/mol. The summed E-state index contributed by atoms with van der Waals surface area (Å²) in [7, 11) is 0. The van der Waals surface area contributed by atoms with Gasteiger partial charge in [-0.1, -0.05) is 48.5 Å². The predicted octanol–water partition coefficient (Wildman–Crippen LogP) is 5.04. The summed E-state index contributed by atoms with van der Waals surface area (Å²) in [6, 6.07) is 22.8. The molecular formula is C23H18N2O3S. The number of hydrogen-bond donors (Lipinski definition) is 1. The summed E-state index contributed by atoms with van der Waals surface area (Å²) in [5.41, 5.74) is 5.09. The molecule has 4 aromatic rings. The molecule has 144 valence electrons. The van der Waals surface area contributed by atoms with E-state index in [1.807, 2.05) is 73.7 Å². The first-order valence-electron chi connectivity index (χ1n) is 9.39. The standard InChI is InChI=1S/C23H18N2O3S/c1-2-25-20-14-13-19(17-10-6-11-18(22(17)20)23(25)26)24-28-29(27)21-12-5-8-15-7-3-4-9-16(15)21/h3-14,24H,2H2,1H3. The van der Waals surface area contributed by atoms with Crippen LogP contribution in [0.3, 0.4) is 0 Å². The number of rotatable bonds is 5. The number of anilines is 2. The van der Waals surface area contributed by atoms with Gasteiger partial charge in [0.1, 0.15) is 0 Å². The molecule has 1 aliphatic rings. The van der Waals surface area contributed by atoms with E-state index in [0.29, 0.717) is 22.7 Å². The Hall–Kier alpha value is -3.22.